The number of nitrogens with one attached hydrogen (secondary N) is 2. The molecular weight excluding hydrogens is 364 g/mol. The third kappa shape index (κ3) is 5.17. The Bertz CT molecular complexity index is 949. The van der Waals surface area contributed by atoms with Crippen LogP contribution in [0.5, 0.6) is 5.75 Å². The molecular formula is C24H30N2O3. The van der Waals surface area contributed by atoms with E-state index in [9.17, 15) is 9.59 Å². The molecule has 2 N–H and O–H groups in total. The summed E-state index contributed by atoms with van der Waals surface area (Å²) >= 11 is 0. The van der Waals surface area contributed by atoms with Gasteiger partial charge in [-0.3, -0.25) is 9.59 Å². The lowest BCUT2D eigenvalue weighted by molar-refractivity contribution is -0.119. The summed E-state index contributed by atoms with van der Waals surface area (Å²) in [6.45, 7) is 9.05. The van der Waals surface area contributed by atoms with E-state index in [1.54, 1.807) is 6.07 Å². The molecule has 29 heavy (non-hydrogen) atoms. The number of ether oxygens (including phenoxy) is 1. The van der Waals surface area contributed by atoms with E-state index in [0.717, 1.165) is 24.0 Å². The summed E-state index contributed by atoms with van der Waals surface area (Å²) in [5.74, 6) is 0.387. The Morgan fingerprint density at radius 1 is 1.14 bits per heavy atom. The van der Waals surface area contributed by atoms with Crippen molar-refractivity contribution in [2.24, 2.45) is 0 Å². The first-order valence-corrected chi connectivity index (χ1v) is 10.3. The second-order valence-corrected chi connectivity index (χ2v) is 8.53. The van der Waals surface area contributed by atoms with Crippen molar-refractivity contribution in [1.29, 1.82) is 0 Å². The number of hydrogen-bond donors (Lipinski definition) is 2. The van der Waals surface area contributed by atoms with Gasteiger partial charge in [0, 0.05) is 23.7 Å². The zero-order valence-electron chi connectivity index (χ0n) is 17.7. The van der Waals surface area contributed by atoms with Crippen LogP contribution in [0.1, 0.15) is 63.8 Å². The van der Waals surface area contributed by atoms with E-state index in [2.05, 4.69) is 55.3 Å². The van der Waals surface area contributed by atoms with Gasteiger partial charge in [-0.05, 0) is 41.5 Å². The van der Waals surface area contributed by atoms with Crippen LogP contribution in [0.25, 0.3) is 5.57 Å². The van der Waals surface area contributed by atoms with E-state index in [1.165, 1.54) is 5.56 Å². The summed E-state index contributed by atoms with van der Waals surface area (Å²) in [7, 11) is 0. The summed E-state index contributed by atoms with van der Waals surface area (Å²) in [4.78, 5) is 27.1. The molecule has 0 aliphatic carbocycles. The van der Waals surface area contributed by atoms with Gasteiger partial charge < -0.3 is 15.0 Å². The number of aromatic nitrogens is 1. The molecule has 1 aromatic carbocycles. The molecule has 0 saturated carbocycles. The molecule has 1 aromatic heterocycles. The number of rotatable bonds is 6. The van der Waals surface area contributed by atoms with Crippen LogP contribution in [0.4, 0.5) is 0 Å². The van der Waals surface area contributed by atoms with Gasteiger partial charge in [0.2, 0.25) is 5.91 Å². The van der Waals surface area contributed by atoms with E-state index in [4.69, 9.17) is 4.74 Å². The number of pyridine rings is 1. The van der Waals surface area contributed by atoms with Crippen molar-refractivity contribution in [3.63, 3.8) is 0 Å². The summed E-state index contributed by atoms with van der Waals surface area (Å²) in [6, 6.07) is 11.9. The summed E-state index contributed by atoms with van der Waals surface area (Å²) in [6.07, 6.45) is 4.16. The monoisotopic (exact) mass is 394 g/mol. The SMILES string of the molecule is CCCOc1ccc(C(=C[C@H]2CCC(=O)N2)c2ccc(C(C)(C)C)cc2)[nH]c1=O. The van der Waals surface area contributed by atoms with Crippen LogP contribution >= 0.6 is 0 Å². The second kappa shape index (κ2) is 8.68. The molecule has 5 nitrogen and oxygen atoms in total. The van der Waals surface area contributed by atoms with Crippen molar-refractivity contribution >= 4 is 11.5 Å². The van der Waals surface area contributed by atoms with Crippen LogP contribution in [0, 0.1) is 0 Å². The van der Waals surface area contributed by atoms with Crippen molar-refractivity contribution in [2.75, 3.05) is 6.61 Å². The third-order valence-corrected chi connectivity index (χ3v) is 5.08. The molecule has 0 radical (unpaired) electrons. The van der Waals surface area contributed by atoms with Crippen molar-refractivity contribution in [3.05, 3.63) is 69.6 Å². The van der Waals surface area contributed by atoms with Crippen molar-refractivity contribution in [2.45, 2.75) is 58.4 Å². The normalized spacial score (nSPS) is 17.3. The minimum Gasteiger partial charge on any atom is -0.488 e. The molecule has 1 aliphatic rings. The molecule has 5 heteroatoms. The summed E-state index contributed by atoms with van der Waals surface area (Å²) < 4.78 is 5.51. The smallest absolute Gasteiger partial charge is 0.290 e. The molecule has 1 amide bonds. The van der Waals surface area contributed by atoms with Crippen LogP contribution in [-0.4, -0.2) is 23.5 Å². The molecule has 0 spiro atoms. The Kier molecular flexibility index (Phi) is 6.26. The summed E-state index contributed by atoms with van der Waals surface area (Å²) in [5, 5.41) is 2.98. The zero-order chi connectivity index (χ0) is 21.0. The number of amides is 1. The van der Waals surface area contributed by atoms with E-state index < -0.39 is 0 Å². The number of hydrogen-bond acceptors (Lipinski definition) is 3. The maximum atomic E-state index is 12.5. The van der Waals surface area contributed by atoms with E-state index >= 15 is 0 Å². The highest BCUT2D eigenvalue weighted by atomic mass is 16.5. The van der Waals surface area contributed by atoms with Crippen LogP contribution < -0.4 is 15.6 Å². The third-order valence-electron chi connectivity index (χ3n) is 5.08. The Labute approximate surface area is 172 Å². The average Bonchev–Trinajstić information content (AvgIpc) is 3.09. The first kappa shape index (κ1) is 20.9. The number of H-pyrrole nitrogens is 1. The van der Waals surface area contributed by atoms with Gasteiger partial charge in [0.1, 0.15) is 0 Å². The number of aromatic amines is 1. The molecule has 1 atom stereocenters. The first-order valence-electron chi connectivity index (χ1n) is 10.3. The second-order valence-electron chi connectivity index (χ2n) is 8.53. The van der Waals surface area contributed by atoms with E-state index in [0.29, 0.717) is 24.5 Å². The van der Waals surface area contributed by atoms with Crippen LogP contribution in [-0.2, 0) is 10.2 Å². The van der Waals surface area contributed by atoms with Crippen molar-refractivity contribution in [1.82, 2.24) is 10.3 Å². The maximum absolute atomic E-state index is 12.5. The lowest BCUT2D eigenvalue weighted by Gasteiger charge is -2.20. The molecule has 0 bridgehead atoms. The van der Waals surface area contributed by atoms with Crippen molar-refractivity contribution < 1.29 is 9.53 Å². The van der Waals surface area contributed by atoms with Crippen molar-refractivity contribution in [3.8, 4) is 5.75 Å². The van der Waals surface area contributed by atoms with Gasteiger partial charge in [-0.1, -0.05) is 58.0 Å². The highest BCUT2D eigenvalue weighted by Gasteiger charge is 2.21. The van der Waals surface area contributed by atoms with Crippen LogP contribution in [0.15, 0.2) is 47.3 Å². The molecule has 3 rings (SSSR count). The fourth-order valence-corrected chi connectivity index (χ4v) is 3.40. The number of benzene rings is 1. The Balaban J connectivity index is 2.00. The van der Waals surface area contributed by atoms with Gasteiger partial charge in [-0.15, -0.1) is 0 Å². The summed E-state index contributed by atoms with van der Waals surface area (Å²) in [5.41, 5.74) is 3.67. The Hall–Kier alpha value is -2.82. The number of carbonyl (C=O) groups excluding carboxylic acids is 1. The van der Waals surface area contributed by atoms with E-state index in [-0.39, 0.29) is 22.9 Å². The van der Waals surface area contributed by atoms with Gasteiger partial charge in [0.05, 0.1) is 6.61 Å². The highest BCUT2D eigenvalue weighted by Crippen LogP contribution is 2.28. The standard InChI is InChI=1S/C24H30N2O3/c1-5-14-29-21-12-11-20(26-23(21)28)19(15-18-10-13-22(27)25-18)16-6-8-17(9-7-16)24(2,3)4/h6-9,11-12,15,18H,5,10,13-14H2,1-4H3,(H,25,27)(H,26,28)/t18-/m1/s1. The van der Waals surface area contributed by atoms with Gasteiger partial charge in [-0.2, -0.15) is 0 Å². The molecule has 0 unspecified atom stereocenters. The van der Waals surface area contributed by atoms with Gasteiger partial charge in [-0.25, -0.2) is 0 Å². The van der Waals surface area contributed by atoms with Gasteiger partial charge >= 0.3 is 0 Å². The molecule has 1 saturated heterocycles. The molecule has 1 fully saturated rings. The molecule has 2 heterocycles. The Morgan fingerprint density at radius 2 is 1.86 bits per heavy atom. The molecule has 1 aliphatic heterocycles. The van der Waals surface area contributed by atoms with E-state index in [1.807, 2.05) is 19.1 Å². The topological polar surface area (TPSA) is 71.2 Å². The average molecular weight is 395 g/mol. The van der Waals surface area contributed by atoms with Gasteiger partial charge in [0.15, 0.2) is 5.75 Å². The quantitative estimate of drug-likeness (QED) is 0.772. The predicted octanol–water partition coefficient (Wildman–Crippen LogP) is 4.17. The first-order chi connectivity index (χ1) is 13.8. The molecule has 2 aromatic rings. The number of carbonyl (C=O) groups is 1. The maximum Gasteiger partial charge on any atom is 0.290 e. The van der Waals surface area contributed by atoms with Crippen LogP contribution in [0.3, 0.4) is 0 Å². The van der Waals surface area contributed by atoms with Gasteiger partial charge in [0.25, 0.3) is 5.56 Å². The minimum absolute atomic E-state index is 0.0423. The lowest BCUT2D eigenvalue weighted by atomic mass is 9.86. The predicted molar refractivity (Wildman–Crippen MR) is 116 cm³/mol. The fourth-order valence-electron chi connectivity index (χ4n) is 3.40. The van der Waals surface area contributed by atoms with Crippen LogP contribution in [0.2, 0.25) is 0 Å². The lowest BCUT2D eigenvalue weighted by Crippen LogP contribution is -2.23. The molecule has 154 valence electrons. The zero-order valence-corrected chi connectivity index (χ0v) is 17.7. The largest absolute Gasteiger partial charge is 0.488 e. The fraction of sp³-hybridized carbons (Fsp3) is 0.417. The highest BCUT2D eigenvalue weighted by molar-refractivity contribution is 5.82. The Morgan fingerprint density at radius 3 is 2.41 bits per heavy atom. The minimum atomic E-state index is -0.247.